The van der Waals surface area contributed by atoms with Gasteiger partial charge in [0.05, 0.1) is 5.97 Å². The van der Waals surface area contributed by atoms with Gasteiger partial charge in [0.15, 0.2) is 11.6 Å². The predicted molar refractivity (Wildman–Crippen MR) is 56.1 cm³/mol. The van der Waals surface area contributed by atoms with E-state index >= 15 is 0 Å². The molecule has 0 heterocycles. The summed E-state index contributed by atoms with van der Waals surface area (Å²) in [4.78, 5) is 10.5. The Hall–Kier alpha value is -2.30. The van der Waals surface area contributed by atoms with Crippen LogP contribution in [0.4, 0.5) is 13.2 Å². The normalized spacial score (nSPS) is 10.4. The maximum atomic E-state index is 13.4. The fraction of sp³-hybridized carbons (Fsp3) is 0. The number of hydrogen-bond acceptors (Lipinski definition) is 2. The van der Waals surface area contributed by atoms with Crippen molar-refractivity contribution in [1.29, 1.82) is 0 Å². The molecule has 0 atom stereocenters. The van der Waals surface area contributed by atoms with Gasteiger partial charge in [-0.3, -0.25) is 0 Å². The Labute approximate surface area is 100 Å². The Bertz CT molecular complexity index is 624. The highest BCUT2D eigenvalue weighted by Crippen LogP contribution is 2.23. The van der Waals surface area contributed by atoms with Gasteiger partial charge in [-0.25, -0.2) is 13.2 Å². The average molecular weight is 251 g/mol. The quantitative estimate of drug-likeness (QED) is 0.820. The maximum absolute atomic E-state index is 13.4. The highest BCUT2D eigenvalue weighted by atomic mass is 19.2. The van der Waals surface area contributed by atoms with Gasteiger partial charge in [-0.05, 0) is 35.4 Å². The van der Waals surface area contributed by atoms with E-state index < -0.39 is 29.0 Å². The Kier molecular flexibility index (Phi) is 3.06. The summed E-state index contributed by atoms with van der Waals surface area (Å²) in [5.74, 6) is -4.69. The summed E-state index contributed by atoms with van der Waals surface area (Å²) in [6.07, 6.45) is 0. The number of carboxylic acids is 1. The van der Waals surface area contributed by atoms with Crippen LogP contribution in [0.3, 0.4) is 0 Å². The minimum Gasteiger partial charge on any atom is -0.545 e. The molecule has 0 saturated carbocycles. The number of rotatable bonds is 2. The zero-order chi connectivity index (χ0) is 13.3. The van der Waals surface area contributed by atoms with Crippen LogP contribution in [0.15, 0.2) is 36.4 Å². The molecule has 0 spiro atoms. The molecule has 2 aromatic carbocycles. The molecule has 0 radical (unpaired) electrons. The van der Waals surface area contributed by atoms with Gasteiger partial charge >= 0.3 is 0 Å². The van der Waals surface area contributed by atoms with Crippen molar-refractivity contribution in [2.45, 2.75) is 0 Å². The SMILES string of the molecule is O=C([O-])c1ccc(-c2ccc(F)c(F)c2)cc1F. The Balaban J connectivity index is 2.48. The molecule has 0 amide bonds. The summed E-state index contributed by atoms with van der Waals surface area (Å²) < 4.78 is 39.1. The predicted octanol–water partition coefficient (Wildman–Crippen LogP) is 2.13. The first-order valence-corrected chi connectivity index (χ1v) is 4.95. The second-order valence-corrected chi connectivity index (χ2v) is 3.61. The van der Waals surface area contributed by atoms with E-state index in [1.54, 1.807) is 0 Å². The van der Waals surface area contributed by atoms with Crippen molar-refractivity contribution in [3.63, 3.8) is 0 Å². The highest BCUT2D eigenvalue weighted by molar-refractivity contribution is 5.87. The monoisotopic (exact) mass is 251 g/mol. The minimum absolute atomic E-state index is 0.247. The maximum Gasteiger partial charge on any atom is 0.159 e. The number of carboxylic acid groups (broad SMARTS) is 1. The topological polar surface area (TPSA) is 40.1 Å². The molecule has 0 saturated heterocycles. The molecule has 0 unspecified atom stereocenters. The van der Waals surface area contributed by atoms with E-state index in [2.05, 4.69) is 0 Å². The van der Waals surface area contributed by atoms with Crippen molar-refractivity contribution >= 4 is 5.97 Å². The van der Waals surface area contributed by atoms with Crippen LogP contribution < -0.4 is 5.11 Å². The highest BCUT2D eigenvalue weighted by Gasteiger charge is 2.08. The average Bonchev–Trinajstić information content (AvgIpc) is 2.32. The molecule has 18 heavy (non-hydrogen) atoms. The molecule has 5 heteroatoms. The third kappa shape index (κ3) is 2.20. The van der Waals surface area contributed by atoms with Crippen molar-refractivity contribution in [2.75, 3.05) is 0 Å². The molecule has 0 N–H and O–H groups in total. The van der Waals surface area contributed by atoms with Gasteiger partial charge in [0.1, 0.15) is 5.82 Å². The van der Waals surface area contributed by atoms with Crippen LogP contribution in [0, 0.1) is 17.5 Å². The number of aromatic carboxylic acids is 1. The molecular weight excluding hydrogens is 245 g/mol. The number of carbonyl (C=O) groups excluding carboxylic acids is 1. The molecule has 0 bridgehead atoms. The Morgan fingerprint density at radius 3 is 1.89 bits per heavy atom. The fourth-order valence-electron chi connectivity index (χ4n) is 1.54. The van der Waals surface area contributed by atoms with Crippen LogP contribution in [-0.4, -0.2) is 5.97 Å². The molecule has 2 aromatic rings. The van der Waals surface area contributed by atoms with Crippen LogP contribution in [0.1, 0.15) is 10.4 Å². The van der Waals surface area contributed by atoms with Crippen molar-refractivity contribution in [2.24, 2.45) is 0 Å². The molecule has 0 fully saturated rings. The first-order valence-electron chi connectivity index (χ1n) is 4.95. The van der Waals surface area contributed by atoms with Crippen molar-refractivity contribution in [3.8, 4) is 11.1 Å². The van der Waals surface area contributed by atoms with Crippen molar-refractivity contribution in [3.05, 3.63) is 59.4 Å². The van der Waals surface area contributed by atoms with Gasteiger partial charge in [0.2, 0.25) is 0 Å². The van der Waals surface area contributed by atoms with E-state index in [4.69, 9.17) is 0 Å². The van der Waals surface area contributed by atoms with Gasteiger partial charge in [0.25, 0.3) is 0 Å². The molecule has 0 aliphatic rings. The van der Waals surface area contributed by atoms with Gasteiger partial charge in [-0.2, -0.15) is 0 Å². The number of carbonyl (C=O) groups is 1. The summed E-state index contributed by atoms with van der Waals surface area (Å²) in [5.41, 5.74) is -0.0876. The number of benzene rings is 2. The first-order chi connectivity index (χ1) is 8.49. The fourth-order valence-corrected chi connectivity index (χ4v) is 1.54. The summed E-state index contributed by atoms with van der Waals surface area (Å²) in [5, 5.41) is 10.5. The summed E-state index contributed by atoms with van der Waals surface area (Å²) in [6, 6.07) is 6.32. The van der Waals surface area contributed by atoms with Crippen LogP contribution in [0.25, 0.3) is 11.1 Å². The lowest BCUT2D eigenvalue weighted by molar-refractivity contribution is -0.255. The third-order valence-corrected chi connectivity index (χ3v) is 2.44. The zero-order valence-electron chi connectivity index (χ0n) is 8.91. The lowest BCUT2D eigenvalue weighted by Crippen LogP contribution is -2.23. The third-order valence-electron chi connectivity index (χ3n) is 2.44. The van der Waals surface area contributed by atoms with Gasteiger partial charge in [-0.1, -0.05) is 12.1 Å². The second kappa shape index (κ2) is 4.52. The number of halogens is 3. The Morgan fingerprint density at radius 2 is 1.39 bits per heavy atom. The molecule has 2 nitrogen and oxygen atoms in total. The van der Waals surface area contributed by atoms with Crippen molar-refractivity contribution < 1.29 is 23.1 Å². The zero-order valence-corrected chi connectivity index (χ0v) is 8.91. The van der Waals surface area contributed by atoms with E-state index in [0.29, 0.717) is 0 Å². The Morgan fingerprint density at radius 1 is 0.833 bits per heavy atom. The van der Waals surface area contributed by atoms with Gasteiger partial charge in [-0.15, -0.1) is 0 Å². The lowest BCUT2D eigenvalue weighted by atomic mass is 10.0. The smallest absolute Gasteiger partial charge is 0.159 e. The molecule has 0 aromatic heterocycles. The molecule has 92 valence electrons. The largest absolute Gasteiger partial charge is 0.545 e. The van der Waals surface area contributed by atoms with E-state index in [1.807, 2.05) is 0 Å². The first kappa shape index (κ1) is 12.2. The molecule has 0 aliphatic carbocycles. The van der Waals surface area contributed by atoms with E-state index in [-0.39, 0.29) is 11.1 Å². The van der Waals surface area contributed by atoms with Crippen LogP contribution in [-0.2, 0) is 0 Å². The lowest BCUT2D eigenvalue weighted by Gasteiger charge is -2.07. The molecule has 0 aliphatic heterocycles. The summed E-state index contributed by atoms with van der Waals surface area (Å²) in [6.45, 7) is 0. The summed E-state index contributed by atoms with van der Waals surface area (Å²) >= 11 is 0. The summed E-state index contributed by atoms with van der Waals surface area (Å²) in [7, 11) is 0. The standard InChI is InChI=1S/C13H7F3O2/c14-10-4-2-8(6-12(10)16)7-1-3-9(13(17)18)11(15)5-7/h1-6H,(H,17,18)/p-1. The van der Waals surface area contributed by atoms with Crippen LogP contribution in [0.2, 0.25) is 0 Å². The van der Waals surface area contributed by atoms with Crippen molar-refractivity contribution in [1.82, 2.24) is 0 Å². The van der Waals surface area contributed by atoms with Crippen LogP contribution >= 0.6 is 0 Å². The van der Waals surface area contributed by atoms with Crippen LogP contribution in [0.5, 0.6) is 0 Å². The number of hydrogen-bond donors (Lipinski definition) is 0. The minimum atomic E-state index is -1.63. The molecule has 2 rings (SSSR count). The van der Waals surface area contributed by atoms with Gasteiger partial charge in [0, 0.05) is 5.56 Å². The second-order valence-electron chi connectivity index (χ2n) is 3.61. The van der Waals surface area contributed by atoms with Gasteiger partial charge < -0.3 is 9.90 Å². The van der Waals surface area contributed by atoms with E-state index in [9.17, 15) is 23.1 Å². The molecular formula is C13H6F3O2-. The van der Waals surface area contributed by atoms with E-state index in [1.165, 1.54) is 12.1 Å². The van der Waals surface area contributed by atoms with E-state index in [0.717, 1.165) is 24.3 Å².